The van der Waals surface area contributed by atoms with Gasteiger partial charge in [-0.3, -0.25) is 4.90 Å². The van der Waals surface area contributed by atoms with Gasteiger partial charge in [0.05, 0.1) is 6.04 Å². The van der Waals surface area contributed by atoms with Crippen LogP contribution in [0.3, 0.4) is 0 Å². The second kappa shape index (κ2) is 5.46. The quantitative estimate of drug-likeness (QED) is 0.856. The Kier molecular flexibility index (Phi) is 3.67. The molecule has 1 fully saturated rings. The molecule has 1 saturated heterocycles. The SMILES string of the molecule is Cc1c(N)cccc1-c1nc(C2CSCCN2C)no1. The maximum atomic E-state index is 5.93. The summed E-state index contributed by atoms with van der Waals surface area (Å²) < 4.78 is 5.44. The maximum Gasteiger partial charge on any atom is 0.258 e. The van der Waals surface area contributed by atoms with Crippen molar-refractivity contribution in [3.05, 3.63) is 29.6 Å². The highest BCUT2D eigenvalue weighted by Crippen LogP contribution is 2.30. The number of aromatic nitrogens is 2. The third-order valence-corrected chi connectivity index (χ3v) is 4.76. The van der Waals surface area contributed by atoms with Crippen LogP contribution < -0.4 is 5.73 Å². The van der Waals surface area contributed by atoms with Gasteiger partial charge in [-0.2, -0.15) is 16.7 Å². The Morgan fingerprint density at radius 2 is 2.30 bits per heavy atom. The van der Waals surface area contributed by atoms with Crippen LogP contribution in [0, 0.1) is 6.92 Å². The number of hydrogen-bond donors (Lipinski definition) is 1. The lowest BCUT2D eigenvalue weighted by Crippen LogP contribution is -2.33. The summed E-state index contributed by atoms with van der Waals surface area (Å²) in [6, 6.07) is 5.97. The van der Waals surface area contributed by atoms with E-state index < -0.39 is 0 Å². The predicted octanol–water partition coefficient (Wildman–Crippen LogP) is 2.35. The smallest absolute Gasteiger partial charge is 0.258 e. The minimum atomic E-state index is 0.229. The van der Waals surface area contributed by atoms with E-state index in [1.165, 1.54) is 0 Å². The molecule has 106 valence electrons. The number of hydrogen-bond acceptors (Lipinski definition) is 6. The van der Waals surface area contributed by atoms with Crippen LogP contribution >= 0.6 is 11.8 Å². The largest absolute Gasteiger partial charge is 0.398 e. The van der Waals surface area contributed by atoms with Crippen LogP contribution in [0.2, 0.25) is 0 Å². The van der Waals surface area contributed by atoms with Crippen LogP contribution in [0.25, 0.3) is 11.5 Å². The van der Waals surface area contributed by atoms with Gasteiger partial charge in [0.15, 0.2) is 5.82 Å². The number of benzene rings is 1. The Bertz CT molecular complexity index is 613. The fraction of sp³-hybridized carbons (Fsp3) is 0.429. The van der Waals surface area contributed by atoms with Gasteiger partial charge < -0.3 is 10.3 Å². The van der Waals surface area contributed by atoms with Crippen molar-refractivity contribution in [2.24, 2.45) is 0 Å². The van der Waals surface area contributed by atoms with Crippen LogP contribution in [0.5, 0.6) is 0 Å². The van der Waals surface area contributed by atoms with E-state index in [-0.39, 0.29) is 6.04 Å². The molecule has 2 N–H and O–H groups in total. The lowest BCUT2D eigenvalue weighted by molar-refractivity contribution is 0.257. The number of nitrogens with zero attached hydrogens (tertiary/aromatic N) is 3. The molecule has 1 unspecified atom stereocenters. The zero-order valence-electron chi connectivity index (χ0n) is 11.7. The Morgan fingerprint density at radius 1 is 1.45 bits per heavy atom. The summed E-state index contributed by atoms with van der Waals surface area (Å²) in [4.78, 5) is 6.84. The minimum Gasteiger partial charge on any atom is -0.398 e. The number of nitrogen functional groups attached to an aromatic ring is 1. The third kappa shape index (κ3) is 2.41. The molecule has 2 heterocycles. The molecular formula is C14H18N4OS. The molecule has 0 aliphatic carbocycles. The average Bonchev–Trinajstić information content (AvgIpc) is 2.92. The molecule has 3 rings (SSSR count). The van der Waals surface area contributed by atoms with Crippen molar-refractivity contribution in [1.29, 1.82) is 0 Å². The molecule has 0 bridgehead atoms. The van der Waals surface area contributed by atoms with E-state index in [1.807, 2.05) is 36.9 Å². The highest BCUT2D eigenvalue weighted by molar-refractivity contribution is 7.99. The van der Waals surface area contributed by atoms with E-state index in [4.69, 9.17) is 10.3 Å². The summed E-state index contributed by atoms with van der Waals surface area (Å²) in [5.74, 6) is 3.47. The van der Waals surface area contributed by atoms with Crippen LogP contribution in [0.15, 0.2) is 22.7 Å². The van der Waals surface area contributed by atoms with Crippen molar-refractivity contribution >= 4 is 17.4 Å². The van der Waals surface area contributed by atoms with Gasteiger partial charge in [0.2, 0.25) is 0 Å². The third-order valence-electron chi connectivity index (χ3n) is 3.74. The lowest BCUT2D eigenvalue weighted by Gasteiger charge is -2.29. The van der Waals surface area contributed by atoms with Gasteiger partial charge in [-0.1, -0.05) is 11.2 Å². The van der Waals surface area contributed by atoms with E-state index in [9.17, 15) is 0 Å². The minimum absolute atomic E-state index is 0.229. The molecule has 0 saturated carbocycles. The molecule has 2 aromatic rings. The predicted molar refractivity (Wildman–Crippen MR) is 81.6 cm³/mol. The number of anilines is 1. The Hall–Kier alpha value is -1.53. The standard InChI is InChI=1S/C14H18N4OS/c1-9-10(4-3-5-11(9)15)14-16-13(17-19-14)12-8-20-7-6-18(12)2/h3-5,12H,6-8,15H2,1-2H3. The number of nitrogens with two attached hydrogens (primary N) is 1. The van der Waals surface area contributed by atoms with Crippen LogP contribution in [-0.2, 0) is 0 Å². The molecule has 0 radical (unpaired) electrons. The molecule has 1 aliphatic rings. The Morgan fingerprint density at radius 3 is 3.10 bits per heavy atom. The van der Waals surface area contributed by atoms with Gasteiger partial charge in [0.25, 0.3) is 5.89 Å². The first kappa shape index (κ1) is 13.5. The second-order valence-corrected chi connectivity index (χ2v) is 6.20. The van der Waals surface area contributed by atoms with E-state index >= 15 is 0 Å². The summed E-state index contributed by atoms with van der Waals surface area (Å²) in [7, 11) is 2.10. The topological polar surface area (TPSA) is 68.2 Å². The van der Waals surface area contributed by atoms with Gasteiger partial charge in [-0.15, -0.1) is 0 Å². The summed E-state index contributed by atoms with van der Waals surface area (Å²) in [5.41, 5.74) is 8.56. The molecule has 1 atom stereocenters. The molecular weight excluding hydrogens is 272 g/mol. The fourth-order valence-electron chi connectivity index (χ4n) is 2.32. The van der Waals surface area contributed by atoms with E-state index in [1.54, 1.807) is 0 Å². The van der Waals surface area contributed by atoms with Gasteiger partial charge in [-0.25, -0.2) is 0 Å². The van der Waals surface area contributed by atoms with Crippen LogP contribution in [-0.4, -0.2) is 40.1 Å². The summed E-state index contributed by atoms with van der Waals surface area (Å²) >= 11 is 1.93. The molecule has 0 amide bonds. The molecule has 5 nitrogen and oxygen atoms in total. The molecule has 1 aliphatic heterocycles. The van der Waals surface area contributed by atoms with Crippen molar-refractivity contribution < 1.29 is 4.52 Å². The number of rotatable bonds is 2. The first-order valence-corrected chi connectivity index (χ1v) is 7.79. The Labute approximate surface area is 122 Å². The van der Waals surface area contributed by atoms with Crippen molar-refractivity contribution in [3.63, 3.8) is 0 Å². The van der Waals surface area contributed by atoms with E-state index in [0.29, 0.717) is 5.89 Å². The van der Waals surface area contributed by atoms with Gasteiger partial charge in [0.1, 0.15) is 0 Å². The molecule has 20 heavy (non-hydrogen) atoms. The summed E-state index contributed by atoms with van der Waals surface area (Å²) in [5, 5.41) is 4.16. The first-order chi connectivity index (χ1) is 9.66. The van der Waals surface area contributed by atoms with Crippen LogP contribution in [0.1, 0.15) is 17.4 Å². The highest BCUT2D eigenvalue weighted by atomic mass is 32.2. The molecule has 0 spiro atoms. The maximum absolute atomic E-state index is 5.93. The van der Waals surface area contributed by atoms with Gasteiger partial charge >= 0.3 is 0 Å². The van der Waals surface area contributed by atoms with Crippen molar-refractivity contribution in [2.75, 3.05) is 30.8 Å². The highest BCUT2D eigenvalue weighted by Gasteiger charge is 2.26. The zero-order chi connectivity index (χ0) is 14.1. The number of thioether (sulfide) groups is 1. The van der Waals surface area contributed by atoms with Crippen molar-refractivity contribution in [3.8, 4) is 11.5 Å². The lowest BCUT2D eigenvalue weighted by atomic mass is 10.1. The monoisotopic (exact) mass is 290 g/mol. The average molecular weight is 290 g/mol. The zero-order valence-corrected chi connectivity index (χ0v) is 12.5. The first-order valence-electron chi connectivity index (χ1n) is 6.64. The summed E-state index contributed by atoms with van der Waals surface area (Å²) in [6.07, 6.45) is 0. The van der Waals surface area contributed by atoms with Gasteiger partial charge in [0, 0.05) is 29.3 Å². The Balaban J connectivity index is 1.92. The van der Waals surface area contributed by atoms with Crippen molar-refractivity contribution in [2.45, 2.75) is 13.0 Å². The molecule has 1 aromatic carbocycles. The van der Waals surface area contributed by atoms with E-state index in [2.05, 4.69) is 22.1 Å². The normalized spacial score (nSPS) is 20.2. The van der Waals surface area contributed by atoms with Gasteiger partial charge in [-0.05, 0) is 31.7 Å². The van der Waals surface area contributed by atoms with E-state index in [0.717, 1.165) is 40.7 Å². The fourth-order valence-corrected chi connectivity index (χ4v) is 3.53. The summed E-state index contributed by atoms with van der Waals surface area (Å²) in [6.45, 7) is 3.02. The second-order valence-electron chi connectivity index (χ2n) is 5.05. The van der Waals surface area contributed by atoms with Crippen molar-refractivity contribution in [1.82, 2.24) is 15.0 Å². The molecule has 1 aromatic heterocycles. The molecule has 6 heteroatoms. The van der Waals surface area contributed by atoms with Crippen LogP contribution in [0.4, 0.5) is 5.69 Å².